The second-order valence-electron chi connectivity index (χ2n) is 6.50. The van der Waals surface area contributed by atoms with Crippen LogP contribution in [0, 0.1) is 0 Å². The van der Waals surface area contributed by atoms with E-state index in [4.69, 9.17) is 31.0 Å². The predicted molar refractivity (Wildman–Crippen MR) is 121 cm³/mol. The van der Waals surface area contributed by atoms with Gasteiger partial charge in [-0.25, -0.2) is 4.98 Å². The Hall–Kier alpha value is -3.03. The fraction of sp³-hybridized carbons (Fsp3) is 0.0952. The second-order valence-corrected chi connectivity index (χ2v) is 7.32. The third kappa shape index (κ3) is 4.13. The van der Waals surface area contributed by atoms with Crippen LogP contribution in [0.3, 0.4) is 0 Å². The van der Waals surface area contributed by atoms with Gasteiger partial charge in [0.25, 0.3) is 5.91 Å². The van der Waals surface area contributed by atoms with E-state index in [2.05, 4.69) is 20.7 Å². The molecule has 2 aromatic carbocycles. The monoisotopic (exact) mass is 435 g/mol. The van der Waals surface area contributed by atoms with E-state index < -0.39 is 0 Å². The van der Waals surface area contributed by atoms with Crippen molar-refractivity contribution in [2.75, 3.05) is 18.4 Å². The molecule has 0 spiro atoms. The molecule has 0 unspecified atom stereocenters. The minimum Gasteiger partial charge on any atom is -0.368 e. The Labute approximate surface area is 184 Å². The van der Waals surface area contributed by atoms with Gasteiger partial charge in [-0.1, -0.05) is 53.5 Å². The van der Waals surface area contributed by atoms with Gasteiger partial charge in [-0.3, -0.25) is 4.79 Å². The van der Waals surface area contributed by atoms with E-state index in [1.807, 2.05) is 24.3 Å². The van der Waals surface area contributed by atoms with E-state index in [0.717, 1.165) is 5.56 Å². The summed E-state index contributed by atoms with van der Waals surface area (Å²) in [6.07, 6.45) is 1.54. The molecule has 2 radical (unpaired) electrons. The summed E-state index contributed by atoms with van der Waals surface area (Å²) in [4.78, 5) is 16.9. The molecule has 0 saturated carbocycles. The highest BCUT2D eigenvalue weighted by atomic mass is 35.5. The van der Waals surface area contributed by atoms with Crippen LogP contribution in [0.4, 0.5) is 5.82 Å². The molecule has 9 heteroatoms. The van der Waals surface area contributed by atoms with Crippen molar-refractivity contribution < 1.29 is 4.79 Å². The molecule has 148 valence electrons. The van der Waals surface area contributed by atoms with Crippen molar-refractivity contribution in [2.24, 2.45) is 0 Å². The number of halogens is 2. The summed E-state index contributed by atoms with van der Waals surface area (Å²) >= 11 is 12.4. The number of anilines is 1. The van der Waals surface area contributed by atoms with Crippen molar-refractivity contribution in [1.82, 2.24) is 19.9 Å². The molecule has 0 saturated heterocycles. The number of hydrogen-bond donors (Lipinski definition) is 2. The zero-order valence-corrected chi connectivity index (χ0v) is 17.3. The average molecular weight is 436 g/mol. The van der Waals surface area contributed by atoms with Crippen LogP contribution < -0.4 is 16.1 Å². The maximum Gasteiger partial charge on any atom is 0.252 e. The largest absolute Gasteiger partial charge is 0.368 e. The van der Waals surface area contributed by atoms with Crippen molar-refractivity contribution in [2.45, 2.75) is 0 Å². The van der Waals surface area contributed by atoms with Gasteiger partial charge in [0, 0.05) is 35.9 Å². The maximum absolute atomic E-state index is 12.3. The normalized spacial score (nSPS) is 10.9. The minimum absolute atomic E-state index is 0.234. The summed E-state index contributed by atoms with van der Waals surface area (Å²) < 4.78 is 1.62. The molecular weight excluding hydrogens is 420 g/mol. The SMILES string of the molecule is [B]c1cnn2c(NCCNC(=O)c3ccccc3Cl)cc(-c3ccccc3Cl)nc12. The number of rotatable bonds is 6. The minimum atomic E-state index is -0.234. The number of carbonyl (C=O) groups excluding carboxylic acids is 1. The molecule has 2 heterocycles. The lowest BCUT2D eigenvalue weighted by molar-refractivity contribution is 0.0955. The maximum atomic E-state index is 12.3. The van der Waals surface area contributed by atoms with Gasteiger partial charge in [0.1, 0.15) is 13.7 Å². The van der Waals surface area contributed by atoms with E-state index in [0.29, 0.717) is 51.3 Å². The van der Waals surface area contributed by atoms with E-state index in [1.54, 1.807) is 41.0 Å². The van der Waals surface area contributed by atoms with E-state index in [1.165, 1.54) is 0 Å². The molecule has 0 atom stereocenters. The summed E-state index contributed by atoms with van der Waals surface area (Å²) in [6.45, 7) is 0.836. The van der Waals surface area contributed by atoms with Gasteiger partial charge in [-0.05, 0) is 23.7 Å². The molecular formula is C21H16BCl2N5O. The Balaban J connectivity index is 1.52. The molecule has 30 heavy (non-hydrogen) atoms. The number of hydrogen-bond acceptors (Lipinski definition) is 4. The highest BCUT2D eigenvalue weighted by molar-refractivity contribution is 6.36. The van der Waals surface area contributed by atoms with Gasteiger partial charge in [0.15, 0.2) is 5.65 Å². The Kier molecular flexibility index (Phi) is 5.92. The number of carbonyl (C=O) groups is 1. The van der Waals surface area contributed by atoms with Gasteiger partial charge >= 0.3 is 0 Å². The topological polar surface area (TPSA) is 71.3 Å². The number of aromatic nitrogens is 3. The van der Waals surface area contributed by atoms with E-state index >= 15 is 0 Å². The number of amides is 1. The van der Waals surface area contributed by atoms with Crippen molar-refractivity contribution in [3.05, 3.63) is 76.4 Å². The molecule has 0 bridgehead atoms. The van der Waals surface area contributed by atoms with Gasteiger partial charge in [-0.2, -0.15) is 9.61 Å². The fourth-order valence-corrected chi connectivity index (χ4v) is 3.47. The smallest absolute Gasteiger partial charge is 0.252 e. The lowest BCUT2D eigenvalue weighted by atomic mass is 10.0. The first-order chi connectivity index (χ1) is 14.5. The average Bonchev–Trinajstić information content (AvgIpc) is 3.12. The molecule has 4 aromatic rings. The Morgan fingerprint density at radius 3 is 2.53 bits per heavy atom. The molecule has 4 rings (SSSR count). The lowest BCUT2D eigenvalue weighted by Gasteiger charge is -2.12. The first-order valence-corrected chi connectivity index (χ1v) is 9.96. The highest BCUT2D eigenvalue weighted by Gasteiger charge is 2.13. The summed E-state index contributed by atoms with van der Waals surface area (Å²) in [6, 6.07) is 16.2. The van der Waals surface area contributed by atoms with Crippen molar-refractivity contribution in [3.8, 4) is 11.3 Å². The van der Waals surface area contributed by atoms with Crippen LogP contribution >= 0.6 is 23.2 Å². The number of fused-ring (bicyclic) bond motifs is 1. The van der Waals surface area contributed by atoms with Crippen LogP contribution in [-0.4, -0.2) is 41.4 Å². The lowest BCUT2D eigenvalue weighted by Crippen LogP contribution is -2.29. The molecule has 0 aliphatic carbocycles. The summed E-state index contributed by atoms with van der Waals surface area (Å²) in [5, 5.41) is 11.4. The van der Waals surface area contributed by atoms with Gasteiger partial charge in [-0.15, -0.1) is 0 Å². The van der Waals surface area contributed by atoms with Crippen molar-refractivity contribution >= 4 is 53.9 Å². The first kappa shape index (κ1) is 20.3. The van der Waals surface area contributed by atoms with E-state index in [-0.39, 0.29) is 5.91 Å². The van der Waals surface area contributed by atoms with Gasteiger partial charge in [0.2, 0.25) is 0 Å². The van der Waals surface area contributed by atoms with Crippen LogP contribution in [0.1, 0.15) is 10.4 Å². The van der Waals surface area contributed by atoms with Gasteiger partial charge in [0.05, 0.1) is 16.3 Å². The number of nitrogens with one attached hydrogen (secondary N) is 2. The van der Waals surface area contributed by atoms with E-state index in [9.17, 15) is 4.79 Å². The summed E-state index contributed by atoms with van der Waals surface area (Å²) in [7, 11) is 6.03. The Morgan fingerprint density at radius 1 is 1.03 bits per heavy atom. The molecule has 2 aromatic heterocycles. The number of benzene rings is 2. The van der Waals surface area contributed by atoms with Crippen LogP contribution in [0.15, 0.2) is 60.8 Å². The third-order valence-electron chi connectivity index (χ3n) is 4.48. The van der Waals surface area contributed by atoms with Crippen LogP contribution in [0.2, 0.25) is 10.0 Å². The highest BCUT2D eigenvalue weighted by Crippen LogP contribution is 2.28. The van der Waals surface area contributed by atoms with Crippen LogP contribution in [0.25, 0.3) is 16.9 Å². The second kappa shape index (κ2) is 8.77. The fourth-order valence-electron chi connectivity index (χ4n) is 3.02. The van der Waals surface area contributed by atoms with Crippen molar-refractivity contribution in [3.63, 3.8) is 0 Å². The molecule has 2 N–H and O–H groups in total. The molecule has 1 amide bonds. The van der Waals surface area contributed by atoms with Crippen molar-refractivity contribution in [1.29, 1.82) is 0 Å². The Bertz CT molecular complexity index is 1230. The molecule has 0 aliphatic rings. The molecule has 6 nitrogen and oxygen atoms in total. The quantitative estimate of drug-likeness (QED) is 0.360. The molecule has 0 aliphatic heterocycles. The standard InChI is InChI=1S/C21H16BCl2N5O/c22-15-12-27-29-19(11-18(28-20(15)29)13-5-1-3-7-16(13)23)25-9-10-26-21(30)14-6-2-4-8-17(14)24/h1-8,11-12,25H,9-10H2,(H,26,30). The first-order valence-electron chi connectivity index (χ1n) is 9.20. The van der Waals surface area contributed by atoms with Crippen LogP contribution in [0.5, 0.6) is 0 Å². The Morgan fingerprint density at radius 2 is 1.77 bits per heavy atom. The molecule has 0 fully saturated rings. The zero-order valence-electron chi connectivity index (χ0n) is 15.8. The predicted octanol–water partition coefficient (Wildman–Crippen LogP) is 3.34. The summed E-state index contributed by atoms with van der Waals surface area (Å²) in [5.41, 5.74) is 2.88. The zero-order chi connectivity index (χ0) is 21.1. The number of nitrogens with zero attached hydrogens (tertiary/aromatic N) is 3. The summed E-state index contributed by atoms with van der Waals surface area (Å²) in [5.74, 6) is 0.445. The van der Waals surface area contributed by atoms with Crippen LogP contribution in [-0.2, 0) is 0 Å². The van der Waals surface area contributed by atoms with Gasteiger partial charge < -0.3 is 10.6 Å². The third-order valence-corrected chi connectivity index (χ3v) is 5.14.